The molecule has 0 aliphatic rings. The van der Waals surface area contributed by atoms with E-state index in [0.29, 0.717) is 23.9 Å². The van der Waals surface area contributed by atoms with Crippen LogP contribution in [0.4, 0.5) is 11.6 Å². The second-order valence-electron chi connectivity index (χ2n) is 5.24. The van der Waals surface area contributed by atoms with Crippen molar-refractivity contribution >= 4 is 21.8 Å². The summed E-state index contributed by atoms with van der Waals surface area (Å²) < 4.78 is 37.3. The van der Waals surface area contributed by atoms with Crippen molar-refractivity contribution in [2.75, 3.05) is 38.4 Å². The van der Waals surface area contributed by atoms with Crippen molar-refractivity contribution in [1.29, 1.82) is 0 Å². The lowest BCUT2D eigenvalue weighted by molar-refractivity contribution is 0.354. The van der Waals surface area contributed by atoms with Crippen LogP contribution in [0.5, 0.6) is 11.5 Å². The first-order valence-electron chi connectivity index (χ1n) is 7.34. The topological polar surface area (TPSA) is 106 Å². The van der Waals surface area contributed by atoms with Crippen LogP contribution in [0, 0.1) is 0 Å². The molecule has 25 heavy (non-hydrogen) atoms. The van der Waals surface area contributed by atoms with Gasteiger partial charge >= 0.3 is 10.2 Å². The van der Waals surface area contributed by atoms with E-state index in [4.69, 9.17) is 9.47 Å². The van der Waals surface area contributed by atoms with Crippen LogP contribution < -0.4 is 19.5 Å². The lowest BCUT2D eigenvalue weighted by Crippen LogP contribution is -2.29. The van der Waals surface area contributed by atoms with Crippen molar-refractivity contribution in [3.05, 3.63) is 35.9 Å². The Morgan fingerprint density at radius 2 is 1.64 bits per heavy atom. The van der Waals surface area contributed by atoms with Crippen LogP contribution in [-0.2, 0) is 16.8 Å². The molecule has 136 valence electrons. The third-order valence-corrected chi connectivity index (χ3v) is 4.73. The monoisotopic (exact) mass is 367 g/mol. The Hall–Kier alpha value is -2.59. The number of benzene rings is 1. The molecular weight excluding hydrogens is 346 g/mol. The molecule has 0 saturated heterocycles. The Balaban J connectivity index is 2.00. The van der Waals surface area contributed by atoms with Crippen molar-refractivity contribution in [2.45, 2.75) is 6.54 Å². The SMILES string of the molecule is COc1ccc(CNc2ccc(NS(=O)(=O)N(C)C)nn2)cc1OC. The largest absolute Gasteiger partial charge is 0.493 e. The third-order valence-electron chi connectivity index (χ3n) is 3.30. The van der Waals surface area contributed by atoms with Gasteiger partial charge in [-0.25, -0.2) is 0 Å². The van der Waals surface area contributed by atoms with E-state index in [1.165, 1.54) is 20.2 Å². The standard InChI is InChI=1S/C15H21N5O4S/c1-20(2)25(21,22)19-15-8-7-14(17-18-15)16-10-11-5-6-12(23-3)13(9-11)24-4/h5-9H,10H2,1-4H3,(H,16,17)(H,18,19). The number of anilines is 2. The van der Waals surface area contributed by atoms with E-state index in [9.17, 15) is 8.42 Å². The smallest absolute Gasteiger partial charge is 0.302 e. The molecule has 0 atom stereocenters. The fraction of sp³-hybridized carbons (Fsp3) is 0.333. The van der Waals surface area contributed by atoms with Crippen molar-refractivity contribution in [2.24, 2.45) is 0 Å². The highest BCUT2D eigenvalue weighted by atomic mass is 32.2. The Kier molecular flexibility index (Phi) is 5.99. The van der Waals surface area contributed by atoms with Crippen LogP contribution >= 0.6 is 0 Å². The molecule has 0 fully saturated rings. The molecule has 0 aliphatic carbocycles. The van der Waals surface area contributed by atoms with E-state index in [2.05, 4.69) is 20.2 Å². The first-order chi connectivity index (χ1) is 11.9. The van der Waals surface area contributed by atoms with Gasteiger partial charge in [0, 0.05) is 20.6 Å². The highest BCUT2D eigenvalue weighted by molar-refractivity contribution is 7.90. The number of nitrogens with one attached hydrogen (secondary N) is 2. The molecule has 2 aromatic rings. The van der Waals surface area contributed by atoms with Gasteiger partial charge in [-0.1, -0.05) is 6.07 Å². The van der Waals surface area contributed by atoms with Gasteiger partial charge in [-0.2, -0.15) is 12.7 Å². The number of nitrogens with zero attached hydrogens (tertiary/aromatic N) is 3. The second kappa shape index (κ2) is 7.99. The molecule has 0 bridgehead atoms. The van der Waals surface area contributed by atoms with E-state index in [-0.39, 0.29) is 5.82 Å². The van der Waals surface area contributed by atoms with Gasteiger partial charge in [0.2, 0.25) is 0 Å². The predicted octanol–water partition coefficient (Wildman–Crippen LogP) is 1.32. The molecule has 0 aliphatic heterocycles. The van der Waals surface area contributed by atoms with Crippen LogP contribution in [-0.4, -0.2) is 51.2 Å². The van der Waals surface area contributed by atoms with E-state index >= 15 is 0 Å². The van der Waals surface area contributed by atoms with Crippen LogP contribution in [0.25, 0.3) is 0 Å². The first kappa shape index (κ1) is 18.7. The van der Waals surface area contributed by atoms with E-state index in [1.807, 2.05) is 18.2 Å². The average Bonchev–Trinajstić information content (AvgIpc) is 2.60. The number of ether oxygens (including phenoxy) is 2. The maximum atomic E-state index is 11.7. The van der Waals surface area contributed by atoms with Gasteiger partial charge < -0.3 is 14.8 Å². The van der Waals surface area contributed by atoms with Gasteiger partial charge in [0.1, 0.15) is 5.82 Å². The van der Waals surface area contributed by atoms with Crippen molar-refractivity contribution in [1.82, 2.24) is 14.5 Å². The molecule has 0 radical (unpaired) electrons. The Morgan fingerprint density at radius 3 is 2.20 bits per heavy atom. The minimum atomic E-state index is -3.60. The summed E-state index contributed by atoms with van der Waals surface area (Å²) in [6.45, 7) is 0.498. The van der Waals surface area contributed by atoms with Gasteiger partial charge in [0.05, 0.1) is 14.2 Å². The van der Waals surface area contributed by atoms with Gasteiger partial charge in [-0.3, -0.25) is 4.72 Å². The molecule has 2 N–H and O–H groups in total. The Morgan fingerprint density at radius 1 is 1.00 bits per heavy atom. The van der Waals surface area contributed by atoms with Gasteiger partial charge in [-0.05, 0) is 29.8 Å². The highest BCUT2D eigenvalue weighted by Gasteiger charge is 2.13. The second-order valence-corrected chi connectivity index (χ2v) is 7.12. The molecular formula is C15H21N5O4S. The van der Waals surface area contributed by atoms with E-state index in [0.717, 1.165) is 9.87 Å². The Labute approximate surface area is 147 Å². The van der Waals surface area contributed by atoms with E-state index < -0.39 is 10.2 Å². The fourth-order valence-corrected chi connectivity index (χ4v) is 2.44. The quantitative estimate of drug-likeness (QED) is 0.725. The molecule has 0 spiro atoms. The van der Waals surface area contributed by atoms with Crippen molar-refractivity contribution in [3.8, 4) is 11.5 Å². The fourth-order valence-electron chi connectivity index (χ4n) is 1.89. The highest BCUT2D eigenvalue weighted by Crippen LogP contribution is 2.27. The maximum absolute atomic E-state index is 11.7. The summed E-state index contributed by atoms with van der Waals surface area (Å²) in [5.74, 6) is 1.96. The predicted molar refractivity (Wildman–Crippen MR) is 95.1 cm³/mol. The molecule has 0 unspecified atom stereocenters. The number of methoxy groups -OCH3 is 2. The van der Waals surface area contributed by atoms with Gasteiger partial charge in [0.15, 0.2) is 17.3 Å². The Bertz CT molecular complexity index is 809. The van der Waals surface area contributed by atoms with Gasteiger partial charge in [0.25, 0.3) is 0 Å². The average molecular weight is 367 g/mol. The normalized spacial score (nSPS) is 11.2. The molecule has 0 amide bonds. The number of rotatable bonds is 8. The van der Waals surface area contributed by atoms with Crippen molar-refractivity contribution < 1.29 is 17.9 Å². The lowest BCUT2D eigenvalue weighted by Gasteiger charge is -2.13. The van der Waals surface area contributed by atoms with Crippen LogP contribution in [0.15, 0.2) is 30.3 Å². The number of hydrogen-bond donors (Lipinski definition) is 2. The minimum absolute atomic E-state index is 0.144. The zero-order valence-corrected chi connectivity index (χ0v) is 15.3. The summed E-state index contributed by atoms with van der Waals surface area (Å²) in [7, 11) is 2.41. The van der Waals surface area contributed by atoms with Crippen LogP contribution in [0.3, 0.4) is 0 Å². The molecule has 1 heterocycles. The zero-order valence-electron chi connectivity index (χ0n) is 14.5. The lowest BCUT2D eigenvalue weighted by atomic mass is 10.2. The first-order valence-corrected chi connectivity index (χ1v) is 8.78. The van der Waals surface area contributed by atoms with Crippen LogP contribution in [0.2, 0.25) is 0 Å². The summed E-state index contributed by atoms with van der Waals surface area (Å²) in [4.78, 5) is 0. The molecule has 10 heteroatoms. The third kappa shape index (κ3) is 4.94. The molecule has 2 rings (SSSR count). The minimum Gasteiger partial charge on any atom is -0.493 e. The van der Waals surface area contributed by atoms with E-state index in [1.54, 1.807) is 20.3 Å². The summed E-state index contributed by atoms with van der Waals surface area (Å²) in [6, 6.07) is 8.76. The zero-order chi connectivity index (χ0) is 18.4. The van der Waals surface area contributed by atoms with Crippen molar-refractivity contribution in [3.63, 3.8) is 0 Å². The molecule has 1 aromatic heterocycles. The summed E-state index contributed by atoms with van der Waals surface area (Å²) in [5, 5.41) is 10.9. The number of hydrogen-bond acceptors (Lipinski definition) is 7. The summed E-state index contributed by atoms with van der Waals surface area (Å²) in [6.07, 6.45) is 0. The summed E-state index contributed by atoms with van der Waals surface area (Å²) in [5.41, 5.74) is 0.969. The molecule has 1 aromatic carbocycles. The summed E-state index contributed by atoms with van der Waals surface area (Å²) >= 11 is 0. The van der Waals surface area contributed by atoms with Crippen LogP contribution in [0.1, 0.15) is 5.56 Å². The van der Waals surface area contributed by atoms with Gasteiger partial charge in [-0.15, -0.1) is 10.2 Å². The number of aromatic nitrogens is 2. The molecule has 9 nitrogen and oxygen atoms in total. The molecule has 0 saturated carbocycles. The maximum Gasteiger partial charge on any atom is 0.302 e.